The van der Waals surface area contributed by atoms with E-state index in [1.807, 2.05) is 29.2 Å². The van der Waals surface area contributed by atoms with Crippen molar-refractivity contribution >= 4 is 5.91 Å². The normalized spacial score (nSPS) is 23.1. The van der Waals surface area contributed by atoms with E-state index in [1.165, 1.54) is 0 Å². The summed E-state index contributed by atoms with van der Waals surface area (Å²) in [4.78, 5) is 16.7. The van der Waals surface area contributed by atoms with Crippen LogP contribution in [0.3, 0.4) is 0 Å². The van der Waals surface area contributed by atoms with Crippen LogP contribution in [-0.4, -0.2) is 55.0 Å². The first-order valence-electron chi connectivity index (χ1n) is 7.64. The van der Waals surface area contributed by atoms with Gasteiger partial charge in [0.15, 0.2) is 0 Å². The molecule has 0 bridgehead atoms. The predicted molar refractivity (Wildman–Crippen MR) is 84.6 cm³/mol. The maximum Gasteiger partial charge on any atom is 0.223 e. The van der Waals surface area contributed by atoms with Gasteiger partial charge < -0.3 is 9.64 Å². The number of amides is 1. The van der Waals surface area contributed by atoms with E-state index >= 15 is 0 Å². The van der Waals surface area contributed by atoms with Gasteiger partial charge in [0.1, 0.15) is 5.75 Å². The quantitative estimate of drug-likeness (QED) is 0.852. The van der Waals surface area contributed by atoms with Crippen molar-refractivity contribution in [3.05, 3.63) is 29.8 Å². The Morgan fingerprint density at radius 2 is 1.95 bits per heavy atom. The monoisotopic (exact) mass is 290 g/mol. The molecule has 0 spiro atoms. The Morgan fingerprint density at radius 1 is 1.29 bits per heavy atom. The van der Waals surface area contributed by atoms with Gasteiger partial charge in [0.25, 0.3) is 0 Å². The number of hydrogen-bond donors (Lipinski definition) is 0. The van der Waals surface area contributed by atoms with Gasteiger partial charge in [0.05, 0.1) is 7.11 Å². The summed E-state index contributed by atoms with van der Waals surface area (Å²) in [7, 11) is 3.80. The van der Waals surface area contributed by atoms with E-state index < -0.39 is 0 Å². The lowest BCUT2D eigenvalue weighted by Crippen LogP contribution is -2.56. The highest BCUT2D eigenvalue weighted by molar-refractivity contribution is 5.76. The third-order valence-electron chi connectivity index (χ3n) is 4.47. The number of nitrogens with zero attached hydrogens (tertiary/aromatic N) is 2. The molecule has 116 valence electrons. The second kappa shape index (κ2) is 6.94. The van der Waals surface area contributed by atoms with E-state index in [0.717, 1.165) is 30.8 Å². The zero-order chi connectivity index (χ0) is 15.4. The van der Waals surface area contributed by atoms with E-state index in [0.29, 0.717) is 18.5 Å². The fourth-order valence-electron chi connectivity index (χ4n) is 2.85. The molecule has 1 amide bonds. The van der Waals surface area contributed by atoms with Gasteiger partial charge in [-0.3, -0.25) is 9.69 Å². The van der Waals surface area contributed by atoms with Crippen LogP contribution in [0.4, 0.5) is 0 Å². The molecule has 2 unspecified atom stereocenters. The number of rotatable bonds is 4. The number of piperazine rings is 1. The van der Waals surface area contributed by atoms with E-state index in [2.05, 4.69) is 25.8 Å². The molecule has 1 saturated heterocycles. The van der Waals surface area contributed by atoms with Gasteiger partial charge in [0, 0.05) is 31.6 Å². The number of benzene rings is 1. The van der Waals surface area contributed by atoms with Gasteiger partial charge in [-0.05, 0) is 45.0 Å². The van der Waals surface area contributed by atoms with E-state index in [4.69, 9.17) is 4.74 Å². The van der Waals surface area contributed by atoms with Gasteiger partial charge in [-0.2, -0.15) is 0 Å². The Bertz CT molecular complexity index is 477. The van der Waals surface area contributed by atoms with Crippen LogP contribution in [0, 0.1) is 0 Å². The van der Waals surface area contributed by atoms with Crippen LogP contribution in [0.5, 0.6) is 5.75 Å². The van der Waals surface area contributed by atoms with E-state index in [9.17, 15) is 4.79 Å². The molecule has 0 saturated carbocycles. The largest absolute Gasteiger partial charge is 0.497 e. The summed E-state index contributed by atoms with van der Waals surface area (Å²) in [6.45, 7) is 6.02. The van der Waals surface area contributed by atoms with Crippen LogP contribution < -0.4 is 4.74 Å². The smallest absolute Gasteiger partial charge is 0.223 e. The van der Waals surface area contributed by atoms with Gasteiger partial charge in [-0.25, -0.2) is 0 Å². The second-order valence-electron chi connectivity index (χ2n) is 6.01. The molecule has 2 atom stereocenters. The highest BCUT2D eigenvalue weighted by atomic mass is 16.5. The van der Waals surface area contributed by atoms with Crippen LogP contribution in [0.15, 0.2) is 24.3 Å². The Hall–Kier alpha value is -1.55. The maximum absolute atomic E-state index is 12.4. The van der Waals surface area contributed by atoms with Crippen molar-refractivity contribution in [1.82, 2.24) is 9.80 Å². The van der Waals surface area contributed by atoms with Crippen LogP contribution in [0.25, 0.3) is 0 Å². The Labute approximate surface area is 127 Å². The molecule has 1 aromatic rings. The van der Waals surface area contributed by atoms with Crippen molar-refractivity contribution in [2.24, 2.45) is 0 Å². The zero-order valence-electron chi connectivity index (χ0n) is 13.5. The molecular weight excluding hydrogens is 264 g/mol. The molecule has 0 radical (unpaired) electrons. The van der Waals surface area contributed by atoms with Crippen molar-refractivity contribution in [1.29, 1.82) is 0 Å². The fraction of sp³-hybridized carbons (Fsp3) is 0.588. The number of likely N-dealkylation sites (N-methyl/N-ethyl adjacent to an activating group) is 1. The van der Waals surface area contributed by atoms with Crippen LogP contribution in [-0.2, 0) is 11.2 Å². The third kappa shape index (κ3) is 3.97. The van der Waals surface area contributed by atoms with E-state index in [-0.39, 0.29) is 5.91 Å². The van der Waals surface area contributed by atoms with Gasteiger partial charge >= 0.3 is 0 Å². The van der Waals surface area contributed by atoms with Crippen LogP contribution in [0.1, 0.15) is 25.8 Å². The predicted octanol–water partition coefficient (Wildman–Crippen LogP) is 2.18. The fourth-order valence-corrected chi connectivity index (χ4v) is 2.85. The average Bonchev–Trinajstić information content (AvgIpc) is 2.50. The number of hydrogen-bond acceptors (Lipinski definition) is 3. The molecule has 0 aliphatic carbocycles. The number of ether oxygens (including phenoxy) is 1. The van der Waals surface area contributed by atoms with Gasteiger partial charge in [0.2, 0.25) is 5.91 Å². The van der Waals surface area contributed by atoms with E-state index in [1.54, 1.807) is 7.11 Å². The molecule has 2 rings (SSSR count). The minimum atomic E-state index is 0.254. The van der Waals surface area contributed by atoms with Crippen molar-refractivity contribution in [3.8, 4) is 5.75 Å². The second-order valence-corrected chi connectivity index (χ2v) is 6.01. The molecule has 4 nitrogen and oxygen atoms in total. The summed E-state index contributed by atoms with van der Waals surface area (Å²) in [5, 5.41) is 0. The van der Waals surface area contributed by atoms with Gasteiger partial charge in [-0.1, -0.05) is 12.1 Å². The molecule has 1 aliphatic heterocycles. The zero-order valence-corrected chi connectivity index (χ0v) is 13.5. The SMILES string of the molecule is COc1cccc(CCC(=O)N2CC(C)N(C)C(C)C2)c1. The number of methoxy groups -OCH3 is 1. The molecule has 1 heterocycles. The first-order valence-corrected chi connectivity index (χ1v) is 7.64. The van der Waals surface area contributed by atoms with Gasteiger partial charge in [-0.15, -0.1) is 0 Å². The highest BCUT2D eigenvalue weighted by Crippen LogP contribution is 2.17. The van der Waals surface area contributed by atoms with Crippen molar-refractivity contribution in [2.45, 2.75) is 38.8 Å². The highest BCUT2D eigenvalue weighted by Gasteiger charge is 2.28. The first-order chi connectivity index (χ1) is 10.0. The topological polar surface area (TPSA) is 32.8 Å². The first kappa shape index (κ1) is 15.8. The molecular formula is C17H26N2O2. The lowest BCUT2D eigenvalue weighted by Gasteiger charge is -2.42. The van der Waals surface area contributed by atoms with Crippen LogP contribution in [0.2, 0.25) is 0 Å². The molecule has 1 aliphatic rings. The average molecular weight is 290 g/mol. The summed E-state index contributed by atoms with van der Waals surface area (Å²) >= 11 is 0. The summed E-state index contributed by atoms with van der Waals surface area (Å²) in [6, 6.07) is 8.80. The molecule has 1 fully saturated rings. The summed E-state index contributed by atoms with van der Waals surface area (Å²) in [6.07, 6.45) is 1.33. The summed E-state index contributed by atoms with van der Waals surface area (Å²) in [5.41, 5.74) is 1.15. The minimum absolute atomic E-state index is 0.254. The lowest BCUT2D eigenvalue weighted by molar-refractivity contribution is -0.135. The number of carbonyl (C=O) groups excluding carboxylic acids is 1. The molecule has 1 aromatic carbocycles. The summed E-state index contributed by atoms with van der Waals surface area (Å²) < 4.78 is 5.22. The van der Waals surface area contributed by atoms with Crippen molar-refractivity contribution in [2.75, 3.05) is 27.2 Å². The summed E-state index contributed by atoms with van der Waals surface area (Å²) in [5.74, 6) is 1.10. The molecule has 0 N–H and O–H groups in total. The van der Waals surface area contributed by atoms with Crippen molar-refractivity contribution in [3.63, 3.8) is 0 Å². The maximum atomic E-state index is 12.4. The Morgan fingerprint density at radius 3 is 2.57 bits per heavy atom. The molecule has 4 heteroatoms. The molecule has 0 aromatic heterocycles. The number of aryl methyl sites for hydroxylation is 1. The Balaban J connectivity index is 1.89. The lowest BCUT2D eigenvalue weighted by atomic mass is 10.1. The standard InChI is InChI=1S/C17H26N2O2/c1-13-11-19(12-14(2)18(13)3)17(20)9-8-15-6-5-7-16(10-15)21-4/h5-7,10,13-14H,8-9,11-12H2,1-4H3. The molecule has 21 heavy (non-hydrogen) atoms. The third-order valence-corrected chi connectivity index (χ3v) is 4.47. The Kier molecular flexibility index (Phi) is 5.23. The van der Waals surface area contributed by atoms with Crippen molar-refractivity contribution < 1.29 is 9.53 Å². The number of carbonyl (C=O) groups is 1. The van der Waals surface area contributed by atoms with Crippen LogP contribution >= 0.6 is 0 Å². The minimum Gasteiger partial charge on any atom is -0.497 e.